The van der Waals surface area contributed by atoms with Gasteiger partial charge in [-0.05, 0) is 37.3 Å². The second-order valence-electron chi connectivity index (χ2n) is 4.44. The topological polar surface area (TPSA) is 20.3 Å². The number of alkyl halides is 1. The highest BCUT2D eigenvalue weighted by atomic mass is 35.5. The molecule has 1 aromatic heterocycles. The molecule has 0 saturated carbocycles. The molecule has 1 aromatic rings. The van der Waals surface area contributed by atoms with Crippen molar-refractivity contribution >= 4 is 28.8 Å². The number of nitrogens with zero attached hydrogens (tertiary/aromatic N) is 1. The minimum Gasteiger partial charge on any atom is -0.335 e. The minimum absolute atomic E-state index is 0.0671. The predicted octanol–water partition coefficient (Wildman–Crippen LogP) is 3.40. The third kappa shape index (κ3) is 2.58. The Hall–Kier alpha value is -0.540. The molecule has 0 aromatic carbocycles. The Morgan fingerprint density at radius 2 is 2.19 bits per heavy atom. The maximum absolute atomic E-state index is 12.3. The number of rotatable bonds is 4. The van der Waals surface area contributed by atoms with Crippen LogP contribution in [0.25, 0.3) is 0 Å². The second-order valence-corrected chi connectivity index (χ2v) is 5.62. The van der Waals surface area contributed by atoms with E-state index in [2.05, 4.69) is 6.92 Å². The van der Waals surface area contributed by atoms with Crippen LogP contribution in [0.4, 0.5) is 0 Å². The van der Waals surface area contributed by atoms with E-state index < -0.39 is 0 Å². The fourth-order valence-electron chi connectivity index (χ4n) is 1.32. The molecule has 1 heterocycles. The van der Waals surface area contributed by atoms with E-state index in [4.69, 9.17) is 11.6 Å². The van der Waals surface area contributed by atoms with E-state index in [1.165, 1.54) is 11.3 Å². The largest absolute Gasteiger partial charge is 0.335 e. The van der Waals surface area contributed by atoms with Crippen LogP contribution >= 0.6 is 22.9 Å². The number of carbonyl (C=O) groups excluding carboxylic acids is 1. The summed E-state index contributed by atoms with van der Waals surface area (Å²) in [6.45, 7) is 6.00. The zero-order chi connectivity index (χ0) is 12.3. The van der Waals surface area contributed by atoms with Crippen LogP contribution in [0.5, 0.6) is 0 Å². The average Bonchev–Trinajstić information content (AvgIpc) is 2.74. The average molecular weight is 260 g/mol. The molecule has 0 aliphatic heterocycles. The lowest BCUT2D eigenvalue weighted by Crippen LogP contribution is -2.46. The maximum atomic E-state index is 12.3. The van der Waals surface area contributed by atoms with Gasteiger partial charge in [-0.25, -0.2) is 0 Å². The smallest absolute Gasteiger partial charge is 0.264 e. The predicted molar refractivity (Wildman–Crippen MR) is 70.6 cm³/mol. The van der Waals surface area contributed by atoms with Gasteiger partial charge in [0.05, 0.1) is 10.4 Å². The van der Waals surface area contributed by atoms with Crippen LogP contribution in [0.15, 0.2) is 11.4 Å². The molecule has 1 rings (SSSR count). The number of hydrogen-bond acceptors (Lipinski definition) is 2. The number of amides is 1. The molecule has 90 valence electrons. The molecule has 0 bridgehead atoms. The first-order chi connectivity index (χ1) is 7.44. The number of thiophene rings is 1. The fraction of sp³-hybridized carbons (Fsp3) is 0.583. The van der Waals surface area contributed by atoms with Crippen molar-refractivity contribution < 1.29 is 4.79 Å². The summed E-state index contributed by atoms with van der Waals surface area (Å²) in [6, 6.07) is 2.01. The minimum atomic E-state index is -0.312. The molecule has 4 heteroatoms. The van der Waals surface area contributed by atoms with Gasteiger partial charge in [0.2, 0.25) is 0 Å². The van der Waals surface area contributed by atoms with Crippen LogP contribution < -0.4 is 0 Å². The Morgan fingerprint density at radius 3 is 2.69 bits per heavy atom. The number of aryl methyl sites for hydroxylation is 1. The van der Waals surface area contributed by atoms with Gasteiger partial charge in [-0.3, -0.25) is 4.79 Å². The summed E-state index contributed by atoms with van der Waals surface area (Å²) in [4.78, 5) is 14.8. The van der Waals surface area contributed by atoms with Gasteiger partial charge in [-0.15, -0.1) is 22.9 Å². The van der Waals surface area contributed by atoms with Crippen molar-refractivity contribution in [2.75, 3.05) is 12.9 Å². The summed E-state index contributed by atoms with van der Waals surface area (Å²) < 4.78 is 0. The molecule has 0 aliphatic carbocycles. The van der Waals surface area contributed by atoms with Gasteiger partial charge in [0, 0.05) is 12.9 Å². The Bertz CT molecular complexity index is 373. The zero-order valence-corrected chi connectivity index (χ0v) is 11.8. The normalized spacial score (nSPS) is 11.6. The molecule has 0 spiro atoms. The first kappa shape index (κ1) is 13.5. The van der Waals surface area contributed by atoms with Crippen LogP contribution in [0, 0.1) is 0 Å². The van der Waals surface area contributed by atoms with Crippen LogP contribution in [-0.2, 0) is 6.42 Å². The van der Waals surface area contributed by atoms with Gasteiger partial charge in [-0.2, -0.15) is 0 Å². The van der Waals surface area contributed by atoms with Crippen molar-refractivity contribution in [1.82, 2.24) is 4.90 Å². The van der Waals surface area contributed by atoms with Crippen molar-refractivity contribution in [3.8, 4) is 0 Å². The van der Waals surface area contributed by atoms with Crippen LogP contribution in [0.2, 0.25) is 0 Å². The first-order valence-corrected chi connectivity index (χ1v) is 6.76. The Kier molecular flexibility index (Phi) is 4.39. The molecular formula is C12H18ClNOS. The van der Waals surface area contributed by atoms with Crippen LogP contribution in [-0.4, -0.2) is 29.3 Å². The van der Waals surface area contributed by atoms with Gasteiger partial charge in [0.1, 0.15) is 0 Å². The summed E-state index contributed by atoms with van der Waals surface area (Å²) >= 11 is 7.38. The lowest BCUT2D eigenvalue weighted by Gasteiger charge is -2.33. The zero-order valence-electron chi connectivity index (χ0n) is 10.2. The Morgan fingerprint density at radius 1 is 1.56 bits per heavy atom. The highest BCUT2D eigenvalue weighted by Gasteiger charge is 2.28. The third-order valence-corrected chi connectivity index (χ3v) is 4.46. The molecule has 0 aliphatic rings. The summed E-state index contributed by atoms with van der Waals surface area (Å²) in [5, 5.41) is 1.97. The molecule has 1 amide bonds. The molecule has 0 saturated heterocycles. The molecule has 0 radical (unpaired) electrons. The number of hydrogen-bond donors (Lipinski definition) is 0. The molecular weight excluding hydrogens is 242 g/mol. The van der Waals surface area contributed by atoms with E-state index in [1.807, 2.05) is 32.3 Å². The highest BCUT2D eigenvalue weighted by molar-refractivity contribution is 7.12. The van der Waals surface area contributed by atoms with Gasteiger partial charge < -0.3 is 4.90 Å². The summed E-state index contributed by atoms with van der Waals surface area (Å²) in [6.07, 6.45) is 0.889. The maximum Gasteiger partial charge on any atom is 0.264 e. The molecule has 0 N–H and O–H groups in total. The molecule has 2 nitrogen and oxygen atoms in total. The van der Waals surface area contributed by atoms with E-state index >= 15 is 0 Å². The molecule has 16 heavy (non-hydrogen) atoms. The Labute approximate surface area is 106 Å². The van der Waals surface area contributed by atoms with Crippen molar-refractivity contribution in [2.24, 2.45) is 0 Å². The van der Waals surface area contributed by atoms with E-state index in [-0.39, 0.29) is 11.4 Å². The summed E-state index contributed by atoms with van der Waals surface area (Å²) in [5.41, 5.74) is 0.806. The van der Waals surface area contributed by atoms with Crippen molar-refractivity contribution in [1.29, 1.82) is 0 Å². The number of carbonyl (C=O) groups is 1. The van der Waals surface area contributed by atoms with E-state index in [0.717, 1.165) is 16.9 Å². The van der Waals surface area contributed by atoms with Crippen LogP contribution in [0.3, 0.4) is 0 Å². The quantitative estimate of drug-likeness (QED) is 0.759. The van der Waals surface area contributed by atoms with Gasteiger partial charge in [0.15, 0.2) is 0 Å². The molecule has 0 fully saturated rings. The van der Waals surface area contributed by atoms with Crippen molar-refractivity contribution in [3.05, 3.63) is 21.9 Å². The monoisotopic (exact) mass is 259 g/mol. The number of halogens is 1. The summed E-state index contributed by atoms with van der Waals surface area (Å²) in [7, 11) is 1.81. The SMILES string of the molecule is CCc1ccsc1C(=O)N(C)C(C)(C)CCl. The Balaban J connectivity index is 2.95. The highest BCUT2D eigenvalue weighted by Crippen LogP contribution is 2.23. The molecule has 0 unspecified atom stereocenters. The standard InChI is InChI=1S/C12H18ClNOS/c1-5-9-6-7-16-10(9)11(15)14(4)12(2,3)8-13/h6-7H,5,8H2,1-4H3. The third-order valence-electron chi connectivity index (χ3n) is 2.86. The second kappa shape index (κ2) is 5.19. The van der Waals surface area contributed by atoms with E-state index in [0.29, 0.717) is 5.88 Å². The lowest BCUT2D eigenvalue weighted by atomic mass is 10.1. The van der Waals surface area contributed by atoms with E-state index in [1.54, 1.807) is 4.90 Å². The van der Waals surface area contributed by atoms with Gasteiger partial charge in [0.25, 0.3) is 5.91 Å². The van der Waals surface area contributed by atoms with Crippen molar-refractivity contribution in [2.45, 2.75) is 32.7 Å². The van der Waals surface area contributed by atoms with Crippen molar-refractivity contribution in [3.63, 3.8) is 0 Å². The lowest BCUT2D eigenvalue weighted by molar-refractivity contribution is 0.0664. The van der Waals surface area contributed by atoms with Gasteiger partial charge >= 0.3 is 0 Å². The fourth-order valence-corrected chi connectivity index (χ4v) is 2.47. The van der Waals surface area contributed by atoms with Crippen LogP contribution in [0.1, 0.15) is 36.0 Å². The first-order valence-electron chi connectivity index (χ1n) is 5.34. The van der Waals surface area contributed by atoms with Gasteiger partial charge in [-0.1, -0.05) is 6.92 Å². The van der Waals surface area contributed by atoms with E-state index in [9.17, 15) is 4.79 Å². The molecule has 0 atom stereocenters. The summed E-state index contributed by atoms with van der Waals surface area (Å²) in [5.74, 6) is 0.500.